The highest BCUT2D eigenvalue weighted by molar-refractivity contribution is 5.85. The molecule has 1 aromatic heterocycles. The van der Waals surface area contributed by atoms with Crippen LogP contribution in [0.2, 0.25) is 0 Å². The molecule has 1 aliphatic carbocycles. The molecule has 0 radical (unpaired) electrons. The van der Waals surface area contributed by atoms with Crippen LogP contribution in [0, 0.1) is 5.82 Å². The summed E-state index contributed by atoms with van der Waals surface area (Å²) >= 11 is 0. The lowest BCUT2D eigenvalue weighted by Gasteiger charge is -2.20. The predicted octanol–water partition coefficient (Wildman–Crippen LogP) is 3.53. The topological polar surface area (TPSA) is 32.9 Å². The molecule has 1 fully saturated rings. The average molecular weight is 231 g/mol. The average Bonchev–Trinajstić information content (AvgIpc) is 2.75. The summed E-state index contributed by atoms with van der Waals surface area (Å²) < 4.78 is 13.5. The second-order valence-corrected chi connectivity index (χ2v) is 4.72. The van der Waals surface area contributed by atoms with Gasteiger partial charge in [-0.2, -0.15) is 0 Å². The molecular weight excluding hydrogens is 217 g/mol. The van der Waals surface area contributed by atoms with Crippen molar-refractivity contribution in [3.63, 3.8) is 0 Å². The Morgan fingerprint density at radius 2 is 2.00 bits per heavy atom. The Hall–Kier alpha value is -1.64. The number of rotatable bonds is 1. The van der Waals surface area contributed by atoms with Crippen LogP contribution in [0.3, 0.4) is 0 Å². The van der Waals surface area contributed by atoms with Crippen molar-refractivity contribution in [3.8, 4) is 0 Å². The molecule has 0 unspecified atom stereocenters. The maximum absolute atomic E-state index is 13.5. The van der Waals surface area contributed by atoms with Gasteiger partial charge in [-0.05, 0) is 30.4 Å². The summed E-state index contributed by atoms with van der Waals surface area (Å²) in [6.07, 6.45) is 5.00. The fraction of sp³-hybridized carbons (Fsp3) is 0.357. The largest absolute Gasteiger partial charge is 0.359 e. The zero-order valence-corrected chi connectivity index (χ0v) is 9.50. The molecule has 0 aliphatic heterocycles. The maximum Gasteiger partial charge on any atom is 0.147 e. The first-order valence-corrected chi connectivity index (χ1v) is 6.03. The normalized spacial score (nSPS) is 17.8. The number of hydrogen-bond donors (Lipinski definition) is 1. The van der Waals surface area contributed by atoms with Crippen molar-refractivity contribution in [2.24, 2.45) is 0 Å². The molecule has 2 nitrogen and oxygen atoms in total. The highest BCUT2D eigenvalue weighted by Gasteiger charge is 2.22. The third-order valence-corrected chi connectivity index (χ3v) is 3.68. The number of carbonyl (C=O) groups excluding carboxylic acids is 1. The number of benzene rings is 1. The van der Waals surface area contributed by atoms with Gasteiger partial charge in [0.2, 0.25) is 0 Å². The van der Waals surface area contributed by atoms with Crippen molar-refractivity contribution in [1.82, 2.24) is 4.98 Å². The Morgan fingerprint density at radius 1 is 1.24 bits per heavy atom. The highest BCUT2D eigenvalue weighted by Crippen LogP contribution is 2.35. The molecule has 0 saturated heterocycles. The first kappa shape index (κ1) is 10.5. The number of ketones is 1. The SMILES string of the molecule is O=C1CCC(c2c[nH]c3c(F)cccc23)CC1. The summed E-state index contributed by atoms with van der Waals surface area (Å²) in [5, 5.41) is 0.962. The van der Waals surface area contributed by atoms with Gasteiger partial charge in [-0.1, -0.05) is 12.1 Å². The number of para-hydroxylation sites is 1. The Bertz CT molecular complexity index is 563. The van der Waals surface area contributed by atoms with Gasteiger partial charge >= 0.3 is 0 Å². The van der Waals surface area contributed by atoms with E-state index in [4.69, 9.17) is 0 Å². The summed E-state index contributed by atoms with van der Waals surface area (Å²) in [5.41, 5.74) is 1.74. The molecule has 1 heterocycles. The molecule has 0 amide bonds. The van der Waals surface area contributed by atoms with E-state index < -0.39 is 0 Å². The maximum atomic E-state index is 13.5. The molecular formula is C14H14FNO. The number of carbonyl (C=O) groups is 1. The molecule has 3 rings (SSSR count). The fourth-order valence-corrected chi connectivity index (χ4v) is 2.73. The van der Waals surface area contributed by atoms with Crippen LogP contribution in [-0.4, -0.2) is 10.8 Å². The van der Waals surface area contributed by atoms with Crippen molar-refractivity contribution in [2.45, 2.75) is 31.6 Å². The second-order valence-electron chi connectivity index (χ2n) is 4.72. The van der Waals surface area contributed by atoms with E-state index in [2.05, 4.69) is 4.98 Å². The Labute approximate surface area is 98.8 Å². The Kier molecular flexibility index (Phi) is 2.46. The van der Waals surface area contributed by atoms with E-state index in [0.717, 1.165) is 23.8 Å². The van der Waals surface area contributed by atoms with Gasteiger partial charge in [-0.3, -0.25) is 4.79 Å². The molecule has 0 bridgehead atoms. The first-order chi connectivity index (χ1) is 8.25. The second kappa shape index (κ2) is 3.99. The van der Waals surface area contributed by atoms with E-state index in [1.54, 1.807) is 6.07 Å². The zero-order chi connectivity index (χ0) is 11.8. The van der Waals surface area contributed by atoms with Crippen molar-refractivity contribution in [1.29, 1.82) is 0 Å². The molecule has 1 aliphatic rings. The third kappa shape index (κ3) is 1.75. The van der Waals surface area contributed by atoms with Crippen LogP contribution in [0.5, 0.6) is 0 Å². The van der Waals surface area contributed by atoms with Gasteiger partial charge < -0.3 is 4.98 Å². The van der Waals surface area contributed by atoms with Gasteiger partial charge in [0.25, 0.3) is 0 Å². The number of H-pyrrole nitrogens is 1. The molecule has 88 valence electrons. The van der Waals surface area contributed by atoms with Crippen LogP contribution in [0.4, 0.5) is 4.39 Å². The molecule has 1 aromatic carbocycles. The van der Waals surface area contributed by atoms with E-state index in [0.29, 0.717) is 30.1 Å². The summed E-state index contributed by atoms with van der Waals surface area (Å²) in [5.74, 6) is 0.538. The molecule has 0 atom stereocenters. The van der Waals surface area contributed by atoms with Crippen molar-refractivity contribution >= 4 is 16.7 Å². The summed E-state index contributed by atoms with van der Waals surface area (Å²) in [6.45, 7) is 0. The number of Topliss-reactive ketones (excluding diaryl/α,β-unsaturated/α-hetero) is 1. The van der Waals surface area contributed by atoms with Gasteiger partial charge in [0.15, 0.2) is 0 Å². The van der Waals surface area contributed by atoms with Crippen LogP contribution in [0.15, 0.2) is 24.4 Å². The van der Waals surface area contributed by atoms with Crippen molar-refractivity contribution in [2.75, 3.05) is 0 Å². The molecule has 0 spiro atoms. The van der Waals surface area contributed by atoms with E-state index >= 15 is 0 Å². The van der Waals surface area contributed by atoms with Crippen LogP contribution in [0.25, 0.3) is 10.9 Å². The monoisotopic (exact) mass is 231 g/mol. The summed E-state index contributed by atoms with van der Waals surface area (Å²) in [6, 6.07) is 5.15. The minimum Gasteiger partial charge on any atom is -0.359 e. The first-order valence-electron chi connectivity index (χ1n) is 6.03. The minimum absolute atomic E-state index is 0.208. The van der Waals surface area contributed by atoms with E-state index in [1.807, 2.05) is 12.3 Å². The molecule has 2 aromatic rings. The van der Waals surface area contributed by atoms with Gasteiger partial charge in [-0.15, -0.1) is 0 Å². The molecule has 3 heteroatoms. The minimum atomic E-state index is -0.208. The summed E-state index contributed by atoms with van der Waals surface area (Å²) in [7, 11) is 0. The fourth-order valence-electron chi connectivity index (χ4n) is 2.73. The lowest BCUT2D eigenvalue weighted by atomic mass is 9.83. The van der Waals surface area contributed by atoms with E-state index in [1.165, 1.54) is 6.07 Å². The molecule has 1 saturated carbocycles. The van der Waals surface area contributed by atoms with Crippen LogP contribution >= 0.6 is 0 Å². The van der Waals surface area contributed by atoms with E-state index in [-0.39, 0.29) is 5.82 Å². The highest BCUT2D eigenvalue weighted by atomic mass is 19.1. The van der Waals surface area contributed by atoms with Gasteiger partial charge in [0.1, 0.15) is 11.6 Å². The van der Waals surface area contributed by atoms with Crippen LogP contribution in [0.1, 0.15) is 37.2 Å². The number of aromatic amines is 1. The molecule has 17 heavy (non-hydrogen) atoms. The Morgan fingerprint density at radius 3 is 2.76 bits per heavy atom. The predicted molar refractivity (Wildman–Crippen MR) is 64.5 cm³/mol. The number of aromatic nitrogens is 1. The Balaban J connectivity index is 2.01. The van der Waals surface area contributed by atoms with Crippen LogP contribution in [-0.2, 0) is 4.79 Å². The van der Waals surface area contributed by atoms with Crippen molar-refractivity contribution in [3.05, 3.63) is 35.8 Å². The van der Waals surface area contributed by atoms with E-state index in [9.17, 15) is 9.18 Å². The smallest absolute Gasteiger partial charge is 0.147 e. The van der Waals surface area contributed by atoms with Crippen molar-refractivity contribution < 1.29 is 9.18 Å². The lowest BCUT2D eigenvalue weighted by Crippen LogP contribution is -2.11. The van der Waals surface area contributed by atoms with Gasteiger partial charge in [0, 0.05) is 24.4 Å². The zero-order valence-electron chi connectivity index (χ0n) is 9.50. The summed E-state index contributed by atoms with van der Waals surface area (Å²) in [4.78, 5) is 14.2. The van der Waals surface area contributed by atoms with Crippen LogP contribution < -0.4 is 0 Å². The number of halogens is 1. The quantitative estimate of drug-likeness (QED) is 0.800. The number of nitrogens with one attached hydrogen (secondary N) is 1. The van der Waals surface area contributed by atoms with Gasteiger partial charge in [0.05, 0.1) is 5.52 Å². The lowest BCUT2D eigenvalue weighted by molar-refractivity contribution is -0.120. The number of fused-ring (bicyclic) bond motifs is 1. The molecule has 1 N–H and O–H groups in total. The standard InChI is InChI=1S/C14H14FNO/c15-13-3-1-2-11-12(8-16-14(11)13)9-4-6-10(17)7-5-9/h1-3,8-9,16H,4-7H2. The number of hydrogen-bond acceptors (Lipinski definition) is 1. The van der Waals surface area contributed by atoms with Gasteiger partial charge in [-0.25, -0.2) is 4.39 Å². The third-order valence-electron chi connectivity index (χ3n) is 3.68.